The standard InChI is InChI=1S/C14H24N4.C8H19N3/c1-14(11-16(2)9-10-17(3)12-14)18(4)13-7-5-6-8-15-13;1-8(9)6-10(2)4-5-11(3)7-8/h5-8H,9-12H2,1-4H3;4-7,9H2,1-3H3. The number of rotatable bonds is 2. The summed E-state index contributed by atoms with van der Waals surface area (Å²) in [4.78, 5) is 16.2. The van der Waals surface area contributed by atoms with E-state index < -0.39 is 0 Å². The second kappa shape index (κ2) is 10.2. The number of nitrogens with two attached hydrogens (primary N) is 1. The Morgan fingerprint density at radius 1 is 0.828 bits per heavy atom. The molecule has 0 radical (unpaired) electrons. The summed E-state index contributed by atoms with van der Waals surface area (Å²) in [6.45, 7) is 13.1. The molecule has 0 unspecified atom stereocenters. The molecule has 0 aromatic carbocycles. The minimum absolute atomic E-state index is 0.0417. The Bertz CT molecular complexity index is 580. The van der Waals surface area contributed by atoms with Crippen molar-refractivity contribution < 1.29 is 0 Å². The minimum Gasteiger partial charge on any atom is -0.352 e. The molecule has 0 saturated carbocycles. The molecule has 0 aliphatic carbocycles. The molecule has 29 heavy (non-hydrogen) atoms. The van der Waals surface area contributed by atoms with Gasteiger partial charge < -0.3 is 30.2 Å². The van der Waals surface area contributed by atoms with E-state index in [1.807, 2.05) is 18.3 Å². The van der Waals surface area contributed by atoms with Crippen molar-refractivity contribution in [1.29, 1.82) is 0 Å². The van der Waals surface area contributed by atoms with Gasteiger partial charge in [-0.2, -0.15) is 0 Å². The van der Waals surface area contributed by atoms with E-state index in [-0.39, 0.29) is 11.1 Å². The van der Waals surface area contributed by atoms with Crippen LogP contribution < -0.4 is 10.6 Å². The van der Waals surface area contributed by atoms with Crippen molar-refractivity contribution in [2.75, 3.05) is 92.5 Å². The number of nitrogens with zero attached hydrogens (tertiary/aromatic N) is 6. The van der Waals surface area contributed by atoms with Gasteiger partial charge in [0.15, 0.2) is 0 Å². The van der Waals surface area contributed by atoms with Gasteiger partial charge in [-0.3, -0.25) is 0 Å². The molecule has 2 saturated heterocycles. The van der Waals surface area contributed by atoms with Crippen molar-refractivity contribution in [3.05, 3.63) is 24.4 Å². The van der Waals surface area contributed by atoms with Gasteiger partial charge >= 0.3 is 0 Å². The van der Waals surface area contributed by atoms with Crippen LogP contribution in [0.5, 0.6) is 0 Å². The number of likely N-dealkylation sites (N-methyl/N-ethyl adjacent to an activating group) is 5. The summed E-state index contributed by atoms with van der Waals surface area (Å²) < 4.78 is 0. The molecule has 1 aromatic heterocycles. The topological polar surface area (TPSA) is 55.1 Å². The molecule has 2 aliphatic rings. The van der Waals surface area contributed by atoms with Crippen LogP contribution in [-0.4, -0.2) is 123 Å². The maximum absolute atomic E-state index is 6.08. The highest BCUT2D eigenvalue weighted by molar-refractivity contribution is 5.40. The van der Waals surface area contributed by atoms with E-state index in [1.54, 1.807) is 0 Å². The van der Waals surface area contributed by atoms with Crippen LogP contribution in [0, 0.1) is 0 Å². The van der Waals surface area contributed by atoms with E-state index in [0.29, 0.717) is 0 Å². The van der Waals surface area contributed by atoms with Crippen LogP contribution in [0.15, 0.2) is 24.4 Å². The lowest BCUT2D eigenvalue weighted by atomic mass is 9.99. The highest BCUT2D eigenvalue weighted by atomic mass is 15.3. The summed E-state index contributed by atoms with van der Waals surface area (Å²) in [5.74, 6) is 1.05. The van der Waals surface area contributed by atoms with Gasteiger partial charge in [-0.15, -0.1) is 0 Å². The zero-order valence-electron chi connectivity index (χ0n) is 19.7. The van der Waals surface area contributed by atoms with Crippen LogP contribution in [0.4, 0.5) is 5.82 Å². The third-order valence-corrected chi connectivity index (χ3v) is 6.01. The first-order chi connectivity index (χ1) is 13.5. The van der Waals surface area contributed by atoms with Gasteiger partial charge in [-0.25, -0.2) is 4.98 Å². The molecule has 3 heterocycles. The SMILES string of the molecule is CN1CCN(C)CC(C)(N(C)c2ccccn2)C1.CN1CCN(C)CC(C)(N)C1. The lowest BCUT2D eigenvalue weighted by molar-refractivity contribution is 0.267. The molecule has 0 bridgehead atoms. The molecule has 2 N–H and O–H groups in total. The van der Waals surface area contributed by atoms with Crippen molar-refractivity contribution in [3.63, 3.8) is 0 Å². The summed E-state index contributed by atoms with van der Waals surface area (Å²) in [7, 11) is 10.8. The number of aromatic nitrogens is 1. The van der Waals surface area contributed by atoms with Crippen molar-refractivity contribution in [2.45, 2.75) is 24.9 Å². The lowest BCUT2D eigenvalue weighted by Gasteiger charge is -2.41. The summed E-state index contributed by atoms with van der Waals surface area (Å²) >= 11 is 0. The highest BCUT2D eigenvalue weighted by Crippen LogP contribution is 2.23. The fourth-order valence-corrected chi connectivity index (χ4v) is 4.54. The Morgan fingerprint density at radius 3 is 1.69 bits per heavy atom. The van der Waals surface area contributed by atoms with Crippen molar-refractivity contribution in [3.8, 4) is 0 Å². The highest BCUT2D eigenvalue weighted by Gasteiger charge is 2.34. The third-order valence-electron chi connectivity index (χ3n) is 6.01. The molecule has 0 atom stereocenters. The van der Waals surface area contributed by atoms with Gasteiger partial charge in [0.2, 0.25) is 0 Å². The number of anilines is 1. The predicted octanol–water partition coefficient (Wildman–Crippen LogP) is 0.735. The van der Waals surface area contributed by atoms with Gasteiger partial charge in [0, 0.05) is 71.1 Å². The van der Waals surface area contributed by atoms with Crippen LogP contribution in [0.3, 0.4) is 0 Å². The second-order valence-electron chi connectivity index (χ2n) is 9.85. The first-order valence-corrected chi connectivity index (χ1v) is 10.7. The Kier molecular flexibility index (Phi) is 8.43. The van der Waals surface area contributed by atoms with Gasteiger partial charge in [0.05, 0.1) is 5.54 Å². The average Bonchev–Trinajstić information content (AvgIpc) is 2.85. The fraction of sp³-hybridized carbons (Fsp3) is 0.773. The summed E-state index contributed by atoms with van der Waals surface area (Å²) in [6.07, 6.45) is 1.86. The quantitative estimate of drug-likeness (QED) is 0.779. The van der Waals surface area contributed by atoms with Crippen molar-refractivity contribution >= 4 is 5.82 Å². The third kappa shape index (κ3) is 7.50. The van der Waals surface area contributed by atoms with E-state index in [1.165, 1.54) is 0 Å². The van der Waals surface area contributed by atoms with E-state index >= 15 is 0 Å². The predicted molar refractivity (Wildman–Crippen MR) is 124 cm³/mol. The summed E-state index contributed by atoms with van der Waals surface area (Å²) in [5.41, 5.74) is 6.13. The monoisotopic (exact) mass is 405 g/mol. The van der Waals surface area contributed by atoms with Gasteiger partial charge in [0.25, 0.3) is 0 Å². The van der Waals surface area contributed by atoms with Crippen LogP contribution in [0.25, 0.3) is 0 Å². The number of hydrogen-bond donors (Lipinski definition) is 1. The molecular weight excluding hydrogens is 362 g/mol. The lowest BCUT2D eigenvalue weighted by Crippen LogP contribution is -2.55. The molecule has 7 heteroatoms. The summed E-state index contributed by atoms with van der Waals surface area (Å²) in [5, 5.41) is 0. The van der Waals surface area contributed by atoms with Crippen LogP contribution in [-0.2, 0) is 0 Å². The maximum Gasteiger partial charge on any atom is 0.128 e. The van der Waals surface area contributed by atoms with Crippen LogP contribution in [0.1, 0.15) is 13.8 Å². The van der Waals surface area contributed by atoms with Crippen LogP contribution >= 0.6 is 0 Å². The Labute approximate surface area is 178 Å². The van der Waals surface area contributed by atoms with Crippen molar-refractivity contribution in [1.82, 2.24) is 24.6 Å². The molecule has 2 fully saturated rings. The molecule has 0 spiro atoms. The zero-order chi connectivity index (χ0) is 21.7. The maximum atomic E-state index is 6.08. The molecule has 166 valence electrons. The first-order valence-electron chi connectivity index (χ1n) is 10.7. The molecule has 1 aromatic rings. The summed E-state index contributed by atoms with van der Waals surface area (Å²) in [6, 6.07) is 6.09. The molecular formula is C22H43N7. The smallest absolute Gasteiger partial charge is 0.128 e. The van der Waals surface area contributed by atoms with E-state index in [9.17, 15) is 0 Å². The first kappa shape index (κ1) is 24.0. The number of pyridine rings is 1. The molecule has 3 rings (SSSR count). The Morgan fingerprint density at radius 2 is 1.28 bits per heavy atom. The number of hydrogen-bond acceptors (Lipinski definition) is 7. The Hall–Kier alpha value is -1.25. The fourth-order valence-electron chi connectivity index (χ4n) is 4.54. The molecule has 7 nitrogen and oxygen atoms in total. The van der Waals surface area contributed by atoms with E-state index in [0.717, 1.165) is 58.2 Å². The van der Waals surface area contributed by atoms with Crippen molar-refractivity contribution in [2.24, 2.45) is 5.73 Å². The van der Waals surface area contributed by atoms with Gasteiger partial charge in [-0.05, 0) is 54.2 Å². The molecule has 0 amide bonds. The molecule has 2 aliphatic heterocycles. The second-order valence-corrected chi connectivity index (χ2v) is 9.85. The largest absolute Gasteiger partial charge is 0.352 e. The van der Waals surface area contributed by atoms with E-state index in [4.69, 9.17) is 5.73 Å². The average molecular weight is 406 g/mol. The van der Waals surface area contributed by atoms with E-state index in [2.05, 4.69) is 84.6 Å². The van der Waals surface area contributed by atoms with Gasteiger partial charge in [0.1, 0.15) is 5.82 Å². The Balaban J connectivity index is 0.000000234. The van der Waals surface area contributed by atoms with Crippen LogP contribution in [0.2, 0.25) is 0 Å². The zero-order valence-corrected chi connectivity index (χ0v) is 19.7. The minimum atomic E-state index is -0.0417. The van der Waals surface area contributed by atoms with Gasteiger partial charge in [-0.1, -0.05) is 6.07 Å². The normalized spacial score (nSPS) is 24.1.